The number of hydrogen-bond acceptors (Lipinski definition) is 3. The van der Waals surface area contributed by atoms with Gasteiger partial charge in [-0.2, -0.15) is 0 Å². The molecule has 1 N–H and O–H groups in total. The smallest absolute Gasteiger partial charge is 0.251 e. The van der Waals surface area contributed by atoms with Crippen LogP contribution in [0.25, 0.3) is 0 Å². The Morgan fingerprint density at radius 1 is 1.67 bits per heavy atom. The summed E-state index contributed by atoms with van der Waals surface area (Å²) in [5.74, 6) is 1.40. The van der Waals surface area contributed by atoms with Crippen molar-refractivity contribution in [3.05, 3.63) is 27.9 Å². The average Bonchev–Trinajstić information content (AvgIpc) is 3.00. The summed E-state index contributed by atoms with van der Waals surface area (Å²) < 4.78 is 5.05. The number of nitrogens with zero attached hydrogens (tertiary/aromatic N) is 1. The number of aromatic amines is 1. The van der Waals surface area contributed by atoms with Gasteiger partial charge in [-0.15, -0.1) is 0 Å². The van der Waals surface area contributed by atoms with Crippen LogP contribution in [0.1, 0.15) is 43.1 Å². The molecule has 1 aliphatic carbocycles. The molecular weight excluding hydrogens is 192 g/mol. The van der Waals surface area contributed by atoms with Crippen molar-refractivity contribution >= 4 is 0 Å². The number of hydrogen-bond donors (Lipinski definition) is 1. The van der Waals surface area contributed by atoms with Crippen LogP contribution in [-0.2, 0) is 4.74 Å². The number of rotatable bonds is 4. The van der Waals surface area contributed by atoms with E-state index in [0.29, 0.717) is 12.5 Å². The van der Waals surface area contributed by atoms with Crippen molar-refractivity contribution in [1.82, 2.24) is 9.97 Å². The van der Waals surface area contributed by atoms with E-state index in [9.17, 15) is 4.79 Å². The second kappa shape index (κ2) is 4.14. The molecule has 1 aromatic rings. The molecule has 4 heteroatoms. The third-order valence-corrected chi connectivity index (χ3v) is 2.66. The molecule has 2 rings (SSSR count). The molecule has 1 unspecified atom stereocenters. The maximum atomic E-state index is 11.4. The summed E-state index contributed by atoms with van der Waals surface area (Å²) in [6.07, 6.45) is 2.32. The van der Waals surface area contributed by atoms with E-state index in [1.807, 2.05) is 6.92 Å². The summed E-state index contributed by atoms with van der Waals surface area (Å²) in [5.41, 5.74) is 0.890. The highest BCUT2D eigenvalue weighted by Gasteiger charge is 2.26. The van der Waals surface area contributed by atoms with Gasteiger partial charge in [0.15, 0.2) is 0 Å². The standard InChI is InChI=1S/C11H16N2O2/c1-7(6-15-2)11-12-9(8-3-4-8)5-10(14)13-11/h5,7-8H,3-4,6H2,1-2H3,(H,12,13,14). The fourth-order valence-corrected chi connectivity index (χ4v) is 1.65. The summed E-state index contributed by atoms with van der Waals surface area (Å²) in [4.78, 5) is 18.7. The van der Waals surface area contributed by atoms with E-state index in [0.717, 1.165) is 24.4 Å². The molecule has 0 bridgehead atoms. The van der Waals surface area contributed by atoms with Gasteiger partial charge in [0.05, 0.1) is 12.3 Å². The minimum Gasteiger partial charge on any atom is -0.384 e. The van der Waals surface area contributed by atoms with Gasteiger partial charge in [0.25, 0.3) is 5.56 Å². The first-order valence-corrected chi connectivity index (χ1v) is 5.31. The Bertz CT molecular complexity index is 396. The van der Waals surface area contributed by atoms with Crippen LogP contribution in [0.4, 0.5) is 0 Å². The van der Waals surface area contributed by atoms with Crippen LogP contribution in [0, 0.1) is 0 Å². The normalized spacial score (nSPS) is 17.7. The van der Waals surface area contributed by atoms with E-state index in [1.54, 1.807) is 13.2 Å². The largest absolute Gasteiger partial charge is 0.384 e. The van der Waals surface area contributed by atoms with Gasteiger partial charge in [-0.25, -0.2) is 4.98 Å². The van der Waals surface area contributed by atoms with E-state index < -0.39 is 0 Å². The average molecular weight is 208 g/mol. The molecule has 82 valence electrons. The van der Waals surface area contributed by atoms with Gasteiger partial charge in [0, 0.05) is 25.0 Å². The molecule has 0 amide bonds. The lowest BCUT2D eigenvalue weighted by Crippen LogP contribution is -2.16. The fourth-order valence-electron chi connectivity index (χ4n) is 1.65. The van der Waals surface area contributed by atoms with Crippen molar-refractivity contribution in [3.63, 3.8) is 0 Å². The second-order valence-corrected chi connectivity index (χ2v) is 4.19. The van der Waals surface area contributed by atoms with Crippen LogP contribution < -0.4 is 5.56 Å². The lowest BCUT2D eigenvalue weighted by molar-refractivity contribution is 0.181. The minimum atomic E-state index is -0.0511. The molecule has 1 aromatic heterocycles. The van der Waals surface area contributed by atoms with Crippen LogP contribution >= 0.6 is 0 Å². The zero-order valence-electron chi connectivity index (χ0n) is 9.12. The van der Waals surface area contributed by atoms with Crippen molar-refractivity contribution in [2.24, 2.45) is 0 Å². The molecule has 15 heavy (non-hydrogen) atoms. The number of aromatic nitrogens is 2. The zero-order chi connectivity index (χ0) is 10.8. The lowest BCUT2D eigenvalue weighted by atomic mass is 10.1. The summed E-state index contributed by atoms with van der Waals surface area (Å²) in [5, 5.41) is 0. The first kappa shape index (κ1) is 10.4. The van der Waals surface area contributed by atoms with E-state index in [1.165, 1.54) is 0 Å². The summed E-state index contributed by atoms with van der Waals surface area (Å²) in [6.45, 7) is 2.58. The molecular formula is C11H16N2O2. The zero-order valence-corrected chi connectivity index (χ0v) is 9.12. The van der Waals surface area contributed by atoms with Gasteiger partial charge in [-0.1, -0.05) is 6.92 Å². The van der Waals surface area contributed by atoms with Crippen molar-refractivity contribution in [1.29, 1.82) is 0 Å². The molecule has 0 aliphatic heterocycles. The highest BCUT2D eigenvalue weighted by atomic mass is 16.5. The minimum absolute atomic E-state index is 0.0511. The lowest BCUT2D eigenvalue weighted by Gasteiger charge is -2.10. The molecule has 1 fully saturated rings. The van der Waals surface area contributed by atoms with Gasteiger partial charge in [-0.3, -0.25) is 4.79 Å². The Morgan fingerprint density at radius 3 is 3.00 bits per heavy atom. The van der Waals surface area contributed by atoms with Crippen LogP contribution in [0.5, 0.6) is 0 Å². The molecule has 4 nitrogen and oxygen atoms in total. The molecule has 1 saturated carbocycles. The molecule has 0 saturated heterocycles. The van der Waals surface area contributed by atoms with Gasteiger partial charge < -0.3 is 9.72 Å². The third kappa shape index (κ3) is 2.45. The van der Waals surface area contributed by atoms with Gasteiger partial charge >= 0.3 is 0 Å². The van der Waals surface area contributed by atoms with Crippen LogP contribution in [0.15, 0.2) is 10.9 Å². The Hall–Kier alpha value is -1.16. The maximum absolute atomic E-state index is 11.4. The number of ether oxygens (including phenoxy) is 1. The molecule has 0 aromatic carbocycles. The Morgan fingerprint density at radius 2 is 2.40 bits per heavy atom. The topological polar surface area (TPSA) is 55.0 Å². The summed E-state index contributed by atoms with van der Waals surface area (Å²) in [6, 6.07) is 1.61. The number of H-pyrrole nitrogens is 1. The Balaban J connectivity index is 2.26. The quantitative estimate of drug-likeness (QED) is 0.813. The van der Waals surface area contributed by atoms with Crippen LogP contribution in [-0.4, -0.2) is 23.7 Å². The predicted molar refractivity (Wildman–Crippen MR) is 57.1 cm³/mol. The first-order valence-electron chi connectivity index (χ1n) is 5.31. The first-order chi connectivity index (χ1) is 7.20. The monoisotopic (exact) mass is 208 g/mol. The van der Waals surface area contributed by atoms with E-state index in [2.05, 4.69) is 9.97 Å². The van der Waals surface area contributed by atoms with E-state index in [4.69, 9.17) is 4.74 Å². The highest BCUT2D eigenvalue weighted by molar-refractivity contribution is 5.15. The molecule has 1 atom stereocenters. The fraction of sp³-hybridized carbons (Fsp3) is 0.636. The maximum Gasteiger partial charge on any atom is 0.251 e. The number of methoxy groups -OCH3 is 1. The van der Waals surface area contributed by atoms with Crippen molar-refractivity contribution in [2.45, 2.75) is 31.6 Å². The molecule has 0 spiro atoms. The molecule has 0 radical (unpaired) electrons. The predicted octanol–water partition coefficient (Wildman–Crippen LogP) is 1.40. The molecule has 1 heterocycles. The van der Waals surface area contributed by atoms with Crippen LogP contribution in [0.2, 0.25) is 0 Å². The highest BCUT2D eigenvalue weighted by Crippen LogP contribution is 2.38. The molecule has 1 aliphatic rings. The summed E-state index contributed by atoms with van der Waals surface area (Å²) in [7, 11) is 1.65. The van der Waals surface area contributed by atoms with Gasteiger partial charge in [-0.05, 0) is 12.8 Å². The van der Waals surface area contributed by atoms with Gasteiger partial charge in [0.2, 0.25) is 0 Å². The second-order valence-electron chi connectivity index (χ2n) is 4.19. The summed E-state index contributed by atoms with van der Waals surface area (Å²) >= 11 is 0. The van der Waals surface area contributed by atoms with Crippen molar-refractivity contribution < 1.29 is 4.74 Å². The van der Waals surface area contributed by atoms with Crippen LogP contribution in [0.3, 0.4) is 0 Å². The van der Waals surface area contributed by atoms with Gasteiger partial charge in [0.1, 0.15) is 5.82 Å². The Labute approximate surface area is 88.7 Å². The van der Waals surface area contributed by atoms with Crippen molar-refractivity contribution in [3.8, 4) is 0 Å². The Kier molecular flexibility index (Phi) is 2.86. The van der Waals surface area contributed by atoms with Crippen molar-refractivity contribution in [2.75, 3.05) is 13.7 Å². The SMILES string of the molecule is COCC(C)c1nc(C2CC2)cc(=O)[nH]1. The van der Waals surface area contributed by atoms with E-state index in [-0.39, 0.29) is 11.5 Å². The third-order valence-electron chi connectivity index (χ3n) is 2.66. The van der Waals surface area contributed by atoms with E-state index >= 15 is 0 Å². The number of nitrogens with one attached hydrogen (secondary N) is 1.